The minimum atomic E-state index is -0.365. The number of hydrogen-bond donors (Lipinski definition) is 4. The first-order valence-electron chi connectivity index (χ1n) is 17.8. The van der Waals surface area contributed by atoms with Gasteiger partial charge in [-0.1, -0.05) is 69.5 Å². The smallest absolute Gasteiger partial charge is 0.267 e. The third kappa shape index (κ3) is 16.9. The number of hydrogen-bond acceptors (Lipinski definition) is 7. The number of nitrogens with one attached hydrogen (secondary N) is 4. The van der Waals surface area contributed by atoms with E-state index in [-0.39, 0.29) is 35.0 Å². The van der Waals surface area contributed by atoms with Crippen LogP contribution in [0.1, 0.15) is 47.0 Å². The number of furan rings is 1. The summed E-state index contributed by atoms with van der Waals surface area (Å²) in [5.41, 5.74) is 3.58. The van der Waals surface area contributed by atoms with E-state index >= 15 is 0 Å². The molecule has 0 aliphatic carbocycles. The highest BCUT2D eigenvalue weighted by Gasteiger charge is 2.16. The second-order valence-electron chi connectivity index (χ2n) is 13.2. The van der Waals surface area contributed by atoms with Gasteiger partial charge in [0.15, 0.2) is 0 Å². The molecule has 0 aliphatic rings. The number of carbonyl (C=O) groups excluding carboxylic acids is 4. The minimum Gasteiger partial charge on any atom is -0.457 e. The summed E-state index contributed by atoms with van der Waals surface area (Å²) in [5.74, 6) is -0.173. The summed E-state index contributed by atoms with van der Waals surface area (Å²) in [4.78, 5) is 53.2. The van der Waals surface area contributed by atoms with Crippen molar-refractivity contribution in [3.05, 3.63) is 128 Å². The van der Waals surface area contributed by atoms with Gasteiger partial charge in [-0.2, -0.15) is 0 Å². The van der Waals surface area contributed by atoms with Gasteiger partial charge < -0.3 is 35.5 Å². The highest BCUT2D eigenvalue weighted by atomic mass is 79.9. The van der Waals surface area contributed by atoms with Crippen LogP contribution < -0.4 is 21.3 Å². The standard InChI is InChI=1S/C26H28BrN3O3.C16H22ClN3O2/c1-18-5-7-20(8-6-18)25(31)29-23(26(32)28-15-4-16-30(2)3)17-22-13-14-24(33-22)19-9-11-21(27)12-10-19;1-12(21)19-15(11-13-5-7-14(17)8-6-13)16(22)18-9-4-10-20(2)3/h5-14,17H,4,15-16H2,1-3H3,(H,28,32)(H,29,31);5-8,11H,4,9-10H2,1-3H3,(H,18,22)(H,19,21). The Labute approximate surface area is 337 Å². The molecule has 0 saturated heterocycles. The second-order valence-corrected chi connectivity index (χ2v) is 14.6. The molecule has 0 aliphatic heterocycles. The van der Waals surface area contributed by atoms with Crippen molar-refractivity contribution >= 4 is 63.3 Å². The van der Waals surface area contributed by atoms with Crippen LogP contribution in [0, 0.1) is 6.92 Å². The molecule has 4 amide bonds. The molecule has 0 radical (unpaired) electrons. The third-order valence-electron chi connectivity index (χ3n) is 7.72. The summed E-state index contributed by atoms with van der Waals surface area (Å²) >= 11 is 9.26. The van der Waals surface area contributed by atoms with Crippen molar-refractivity contribution < 1.29 is 23.6 Å². The first kappa shape index (κ1) is 44.4. The van der Waals surface area contributed by atoms with E-state index in [4.69, 9.17) is 16.0 Å². The number of carbonyl (C=O) groups is 4. The zero-order chi connectivity index (χ0) is 40.3. The van der Waals surface area contributed by atoms with Crippen LogP contribution in [0.3, 0.4) is 0 Å². The van der Waals surface area contributed by atoms with Crippen molar-refractivity contribution in [3.63, 3.8) is 0 Å². The predicted molar refractivity (Wildman–Crippen MR) is 224 cm³/mol. The molecule has 4 N–H and O–H groups in total. The van der Waals surface area contributed by atoms with E-state index in [1.807, 2.05) is 82.5 Å². The van der Waals surface area contributed by atoms with E-state index in [1.54, 1.807) is 54.6 Å². The molecule has 0 fully saturated rings. The maximum absolute atomic E-state index is 12.9. The zero-order valence-electron chi connectivity index (χ0n) is 32.2. The van der Waals surface area contributed by atoms with Gasteiger partial charge in [-0.05, 0) is 121 Å². The molecule has 0 atom stereocenters. The average Bonchev–Trinajstić information content (AvgIpc) is 3.61. The molecular formula is C42H50BrClN6O5. The molecule has 1 aromatic heterocycles. The van der Waals surface area contributed by atoms with Gasteiger partial charge >= 0.3 is 0 Å². The van der Waals surface area contributed by atoms with Crippen molar-refractivity contribution in [1.29, 1.82) is 0 Å². The van der Waals surface area contributed by atoms with Gasteiger partial charge in [0.05, 0.1) is 0 Å². The van der Waals surface area contributed by atoms with E-state index in [2.05, 4.69) is 42.1 Å². The van der Waals surface area contributed by atoms with Crippen LogP contribution in [-0.2, 0) is 14.4 Å². The second kappa shape index (κ2) is 23.0. The fourth-order valence-electron chi connectivity index (χ4n) is 4.86. The Bertz CT molecular complexity index is 1920. The van der Waals surface area contributed by atoms with Crippen LogP contribution >= 0.6 is 27.5 Å². The molecular weight excluding hydrogens is 784 g/mol. The van der Waals surface area contributed by atoms with E-state index in [9.17, 15) is 19.2 Å². The number of rotatable bonds is 16. The monoisotopic (exact) mass is 832 g/mol. The highest BCUT2D eigenvalue weighted by Crippen LogP contribution is 2.25. The molecule has 3 aromatic carbocycles. The topological polar surface area (TPSA) is 136 Å². The molecule has 292 valence electrons. The summed E-state index contributed by atoms with van der Waals surface area (Å²) < 4.78 is 6.90. The van der Waals surface area contributed by atoms with Crippen molar-refractivity contribution in [2.45, 2.75) is 26.7 Å². The molecule has 4 rings (SSSR count). The van der Waals surface area contributed by atoms with E-state index in [0.717, 1.165) is 47.1 Å². The fraction of sp³-hybridized carbons (Fsp3) is 0.286. The van der Waals surface area contributed by atoms with Crippen LogP contribution in [0.25, 0.3) is 23.5 Å². The highest BCUT2D eigenvalue weighted by molar-refractivity contribution is 9.10. The number of amides is 4. The van der Waals surface area contributed by atoms with Gasteiger partial charge in [0.25, 0.3) is 17.7 Å². The summed E-state index contributed by atoms with van der Waals surface area (Å²) in [6, 6.07) is 25.6. The number of benzene rings is 3. The number of nitrogens with zero attached hydrogens (tertiary/aromatic N) is 2. The lowest BCUT2D eigenvalue weighted by Gasteiger charge is -2.12. The van der Waals surface area contributed by atoms with Crippen molar-refractivity contribution in [2.24, 2.45) is 0 Å². The molecule has 0 saturated carbocycles. The molecule has 4 aromatic rings. The zero-order valence-corrected chi connectivity index (χ0v) is 34.5. The lowest BCUT2D eigenvalue weighted by atomic mass is 10.1. The van der Waals surface area contributed by atoms with E-state index in [1.165, 1.54) is 6.92 Å². The molecule has 13 heteroatoms. The molecule has 0 unspecified atom stereocenters. The maximum Gasteiger partial charge on any atom is 0.267 e. The molecule has 55 heavy (non-hydrogen) atoms. The van der Waals surface area contributed by atoms with Crippen LogP contribution in [0.5, 0.6) is 0 Å². The Morgan fingerprint density at radius 2 is 1.25 bits per heavy atom. The van der Waals surface area contributed by atoms with Crippen molar-refractivity contribution in [1.82, 2.24) is 31.1 Å². The molecule has 0 spiro atoms. The SMILES string of the molecule is CC(=O)NC(=Cc1ccc(Cl)cc1)C(=O)NCCCN(C)C.Cc1ccc(C(=O)NC(=Cc2ccc(-c3ccc(Br)cc3)o2)C(=O)NCCCN(C)C)cc1. The van der Waals surface area contributed by atoms with Gasteiger partial charge in [0.1, 0.15) is 22.9 Å². The van der Waals surface area contributed by atoms with Gasteiger partial charge in [-0.25, -0.2) is 0 Å². The third-order valence-corrected chi connectivity index (χ3v) is 8.50. The van der Waals surface area contributed by atoms with Crippen molar-refractivity contribution in [2.75, 3.05) is 54.4 Å². The quantitative estimate of drug-likeness (QED) is 0.0726. The molecule has 0 bridgehead atoms. The maximum atomic E-state index is 12.9. The molecule has 1 heterocycles. The van der Waals surface area contributed by atoms with Gasteiger partial charge in [0, 0.05) is 46.7 Å². The first-order valence-corrected chi connectivity index (χ1v) is 18.9. The van der Waals surface area contributed by atoms with Gasteiger partial charge in [-0.3, -0.25) is 19.2 Å². The predicted octanol–water partition coefficient (Wildman–Crippen LogP) is 6.74. The van der Waals surface area contributed by atoms with Gasteiger partial charge in [0.2, 0.25) is 5.91 Å². The van der Waals surface area contributed by atoms with Crippen LogP contribution in [0.2, 0.25) is 5.02 Å². The average molecular weight is 834 g/mol. The summed E-state index contributed by atoms with van der Waals surface area (Å²) in [6.07, 6.45) is 4.81. The lowest BCUT2D eigenvalue weighted by molar-refractivity contribution is -0.122. The number of halogens is 2. The van der Waals surface area contributed by atoms with Crippen LogP contribution in [-0.4, -0.2) is 87.8 Å². The van der Waals surface area contributed by atoms with E-state index < -0.39 is 0 Å². The summed E-state index contributed by atoms with van der Waals surface area (Å²) in [5, 5.41) is 11.6. The summed E-state index contributed by atoms with van der Waals surface area (Å²) in [6.45, 7) is 6.11. The van der Waals surface area contributed by atoms with Crippen molar-refractivity contribution in [3.8, 4) is 11.3 Å². The van der Waals surface area contributed by atoms with E-state index in [0.29, 0.717) is 35.2 Å². The Balaban J connectivity index is 0.000000322. The number of aryl methyl sites for hydroxylation is 1. The Morgan fingerprint density at radius 3 is 1.78 bits per heavy atom. The fourth-order valence-corrected chi connectivity index (χ4v) is 5.25. The lowest BCUT2D eigenvalue weighted by Crippen LogP contribution is -2.36. The van der Waals surface area contributed by atoms with Crippen LogP contribution in [0.15, 0.2) is 105 Å². The Hall–Kier alpha value is -5.01. The first-order chi connectivity index (χ1) is 26.2. The Kier molecular flexibility index (Phi) is 18.6. The molecule has 11 nitrogen and oxygen atoms in total. The largest absolute Gasteiger partial charge is 0.457 e. The van der Waals surface area contributed by atoms with Crippen LogP contribution in [0.4, 0.5) is 0 Å². The van der Waals surface area contributed by atoms with Gasteiger partial charge in [-0.15, -0.1) is 0 Å². The summed E-state index contributed by atoms with van der Waals surface area (Å²) in [7, 11) is 7.92. The Morgan fingerprint density at radius 1 is 0.709 bits per heavy atom. The minimum absolute atomic E-state index is 0.127. The normalized spacial score (nSPS) is 11.5.